The number of rotatable bonds is 4. The predicted molar refractivity (Wildman–Crippen MR) is 121 cm³/mol. The van der Waals surface area contributed by atoms with Gasteiger partial charge in [-0.15, -0.1) is 0 Å². The van der Waals surface area contributed by atoms with Crippen LogP contribution in [-0.4, -0.2) is 27.7 Å². The van der Waals surface area contributed by atoms with Crippen LogP contribution in [0, 0.1) is 0 Å². The van der Waals surface area contributed by atoms with Crippen molar-refractivity contribution in [1.82, 2.24) is 9.38 Å². The van der Waals surface area contributed by atoms with E-state index in [4.69, 9.17) is 16.3 Å². The molecule has 2 heterocycles. The highest BCUT2D eigenvalue weighted by atomic mass is 35.5. The monoisotopic (exact) mass is 428 g/mol. The number of hydrogen-bond acceptors (Lipinski definition) is 4. The lowest BCUT2D eigenvalue weighted by atomic mass is 10.00. The summed E-state index contributed by atoms with van der Waals surface area (Å²) >= 11 is 6.22. The number of esters is 1. The molecule has 0 aliphatic carbocycles. The molecule has 0 saturated carbocycles. The van der Waals surface area contributed by atoms with Crippen LogP contribution < -0.4 is 0 Å². The first-order chi connectivity index (χ1) is 15.1. The molecular formula is C25H17ClN2O3. The van der Waals surface area contributed by atoms with Gasteiger partial charge in [0.25, 0.3) is 0 Å². The number of benzene rings is 3. The van der Waals surface area contributed by atoms with Gasteiger partial charge in [0.2, 0.25) is 5.78 Å². The molecule has 0 radical (unpaired) electrons. The third kappa shape index (κ3) is 3.14. The van der Waals surface area contributed by atoms with Crippen LogP contribution in [0.3, 0.4) is 0 Å². The standard InChI is InChI=1S/C25H17ClN2O3/c1-2-31-25(30)20-13-22(24(29)18-9-5-7-15-6-3-4-8-17(15)18)28-14-27-21-11-10-16(26)12-19(21)23(20)28/h3-14H,2H2,1H3. The molecule has 3 aromatic carbocycles. The highest BCUT2D eigenvalue weighted by Gasteiger charge is 2.24. The summed E-state index contributed by atoms with van der Waals surface area (Å²) in [5.41, 5.74) is 2.42. The lowest BCUT2D eigenvalue weighted by Crippen LogP contribution is -2.06. The number of hydrogen-bond donors (Lipinski definition) is 0. The summed E-state index contributed by atoms with van der Waals surface area (Å²) in [5.74, 6) is -0.699. The van der Waals surface area contributed by atoms with Crippen molar-refractivity contribution in [1.29, 1.82) is 0 Å². The number of carbonyl (C=O) groups excluding carboxylic acids is 2. The second kappa shape index (κ2) is 7.52. The van der Waals surface area contributed by atoms with Crippen LogP contribution in [0.15, 0.2) is 73.1 Å². The van der Waals surface area contributed by atoms with Gasteiger partial charge in [-0.1, -0.05) is 54.1 Å². The Balaban J connectivity index is 1.81. The van der Waals surface area contributed by atoms with Crippen molar-refractivity contribution in [2.45, 2.75) is 6.92 Å². The molecule has 0 saturated heterocycles. The lowest BCUT2D eigenvalue weighted by Gasteiger charge is -2.08. The van der Waals surface area contributed by atoms with Crippen LogP contribution in [0.2, 0.25) is 5.02 Å². The molecule has 5 aromatic rings. The second-order valence-electron chi connectivity index (χ2n) is 7.14. The molecule has 6 heteroatoms. The topological polar surface area (TPSA) is 60.7 Å². The predicted octanol–water partition coefficient (Wildman–Crippen LogP) is 5.70. The first-order valence-electron chi connectivity index (χ1n) is 9.87. The van der Waals surface area contributed by atoms with Crippen LogP contribution in [0.4, 0.5) is 0 Å². The summed E-state index contributed by atoms with van der Waals surface area (Å²) < 4.78 is 6.92. The van der Waals surface area contributed by atoms with Gasteiger partial charge in [-0.2, -0.15) is 0 Å². The van der Waals surface area contributed by atoms with E-state index in [1.807, 2.05) is 36.4 Å². The molecule has 31 heavy (non-hydrogen) atoms. The van der Waals surface area contributed by atoms with Crippen LogP contribution in [0.25, 0.3) is 27.2 Å². The Morgan fingerprint density at radius 2 is 1.77 bits per heavy atom. The maximum Gasteiger partial charge on any atom is 0.340 e. The number of carbonyl (C=O) groups is 2. The van der Waals surface area contributed by atoms with E-state index in [-0.39, 0.29) is 12.4 Å². The number of ether oxygens (including phenoxy) is 1. The third-order valence-electron chi connectivity index (χ3n) is 5.32. The van der Waals surface area contributed by atoms with Crippen molar-refractivity contribution in [2.75, 3.05) is 6.61 Å². The molecular weight excluding hydrogens is 412 g/mol. The zero-order chi connectivity index (χ0) is 21.5. The Morgan fingerprint density at radius 1 is 0.968 bits per heavy atom. The quantitative estimate of drug-likeness (QED) is 0.272. The molecule has 0 atom stereocenters. The Morgan fingerprint density at radius 3 is 2.61 bits per heavy atom. The molecule has 0 spiro atoms. The van der Waals surface area contributed by atoms with Crippen LogP contribution in [0.1, 0.15) is 33.3 Å². The summed E-state index contributed by atoms with van der Waals surface area (Å²) in [5, 5.41) is 3.00. The van der Waals surface area contributed by atoms with E-state index in [2.05, 4.69) is 4.98 Å². The minimum absolute atomic E-state index is 0.203. The van der Waals surface area contributed by atoms with Gasteiger partial charge in [0, 0.05) is 16.0 Å². The largest absolute Gasteiger partial charge is 0.462 e. The Hall–Kier alpha value is -3.70. The van der Waals surface area contributed by atoms with E-state index in [1.165, 1.54) is 0 Å². The number of ketones is 1. The molecule has 152 valence electrons. The number of halogens is 1. The zero-order valence-corrected chi connectivity index (χ0v) is 17.4. The van der Waals surface area contributed by atoms with Crippen molar-refractivity contribution < 1.29 is 14.3 Å². The molecule has 0 amide bonds. The summed E-state index contributed by atoms with van der Waals surface area (Å²) in [4.78, 5) is 30.9. The number of aromatic nitrogens is 2. The van der Waals surface area contributed by atoms with Gasteiger partial charge < -0.3 is 4.74 Å². The normalized spacial score (nSPS) is 11.3. The molecule has 0 aliphatic heterocycles. The van der Waals surface area contributed by atoms with Gasteiger partial charge in [0.15, 0.2) is 0 Å². The fraction of sp³-hybridized carbons (Fsp3) is 0.0800. The highest BCUT2D eigenvalue weighted by Crippen LogP contribution is 2.30. The third-order valence-corrected chi connectivity index (χ3v) is 5.56. The van der Waals surface area contributed by atoms with Gasteiger partial charge in [-0.25, -0.2) is 9.78 Å². The molecule has 0 bridgehead atoms. The van der Waals surface area contributed by atoms with E-state index in [0.29, 0.717) is 38.3 Å². The van der Waals surface area contributed by atoms with E-state index >= 15 is 0 Å². The summed E-state index contributed by atoms with van der Waals surface area (Å²) in [7, 11) is 0. The average Bonchev–Trinajstić information content (AvgIpc) is 3.19. The van der Waals surface area contributed by atoms with Crippen LogP contribution in [0.5, 0.6) is 0 Å². The fourth-order valence-corrected chi connectivity index (χ4v) is 4.12. The summed E-state index contributed by atoms with van der Waals surface area (Å²) in [6.45, 7) is 1.97. The molecule has 2 aromatic heterocycles. The maximum atomic E-state index is 13.6. The van der Waals surface area contributed by atoms with Crippen LogP contribution in [-0.2, 0) is 4.74 Å². The average molecular weight is 429 g/mol. The summed E-state index contributed by atoms with van der Waals surface area (Å²) in [6, 6.07) is 20.2. The van der Waals surface area contributed by atoms with Crippen molar-refractivity contribution >= 4 is 50.5 Å². The van der Waals surface area contributed by atoms with Gasteiger partial charge in [-0.05, 0) is 42.0 Å². The van der Waals surface area contributed by atoms with E-state index in [1.54, 1.807) is 48.0 Å². The first-order valence-corrected chi connectivity index (χ1v) is 10.2. The molecule has 5 nitrogen and oxygen atoms in total. The smallest absolute Gasteiger partial charge is 0.340 e. The minimum Gasteiger partial charge on any atom is -0.462 e. The van der Waals surface area contributed by atoms with E-state index in [9.17, 15) is 9.59 Å². The number of fused-ring (bicyclic) bond motifs is 4. The van der Waals surface area contributed by atoms with E-state index < -0.39 is 5.97 Å². The van der Waals surface area contributed by atoms with Crippen molar-refractivity contribution in [3.8, 4) is 0 Å². The Bertz CT molecular complexity index is 1500. The second-order valence-corrected chi connectivity index (χ2v) is 7.58. The van der Waals surface area contributed by atoms with Crippen molar-refractivity contribution in [2.24, 2.45) is 0 Å². The minimum atomic E-state index is -0.496. The Labute approximate surface area is 182 Å². The molecule has 0 aliphatic rings. The maximum absolute atomic E-state index is 13.6. The lowest BCUT2D eigenvalue weighted by molar-refractivity contribution is 0.0529. The Kier molecular flexibility index (Phi) is 4.68. The molecule has 5 rings (SSSR count). The summed E-state index contributed by atoms with van der Waals surface area (Å²) in [6.07, 6.45) is 1.56. The SMILES string of the molecule is CCOC(=O)c1cc(C(=O)c2cccc3ccccc23)n2cnc3ccc(Cl)cc3c12. The van der Waals surface area contributed by atoms with Gasteiger partial charge >= 0.3 is 5.97 Å². The number of nitrogens with zero attached hydrogens (tertiary/aromatic N) is 2. The van der Waals surface area contributed by atoms with Gasteiger partial charge in [0.1, 0.15) is 6.33 Å². The molecule has 0 fully saturated rings. The first kappa shape index (κ1) is 19.3. The molecule has 0 N–H and O–H groups in total. The van der Waals surface area contributed by atoms with Gasteiger partial charge in [-0.3, -0.25) is 9.20 Å². The van der Waals surface area contributed by atoms with Gasteiger partial charge in [0.05, 0.1) is 28.9 Å². The van der Waals surface area contributed by atoms with Crippen LogP contribution >= 0.6 is 11.6 Å². The zero-order valence-electron chi connectivity index (χ0n) is 16.6. The van der Waals surface area contributed by atoms with Crippen molar-refractivity contribution in [3.63, 3.8) is 0 Å². The highest BCUT2D eigenvalue weighted by molar-refractivity contribution is 6.31. The van der Waals surface area contributed by atoms with Crippen molar-refractivity contribution in [3.05, 3.63) is 94.9 Å². The fourth-order valence-electron chi connectivity index (χ4n) is 3.95. The molecule has 0 unspecified atom stereocenters. The van der Waals surface area contributed by atoms with E-state index in [0.717, 1.165) is 10.8 Å².